The number of hydrogen-bond acceptors (Lipinski definition) is 4. The Bertz CT molecular complexity index is 750. The number of fused-ring (bicyclic) bond motifs is 4. The van der Waals surface area contributed by atoms with Gasteiger partial charge in [0.25, 0.3) is 16.1 Å². The third kappa shape index (κ3) is 3.51. The second kappa shape index (κ2) is 6.93. The summed E-state index contributed by atoms with van der Waals surface area (Å²) >= 11 is 0. The number of methoxy groups -OCH3 is 1. The largest absolute Gasteiger partial charge is 0.497 e. The SMILES string of the molecule is COc1cccc(C(=O)N2C[C@H]3CC[C@@H]2CN(S(=O)(=O)N(C)C)C3)c1. The van der Waals surface area contributed by atoms with Crippen LogP contribution < -0.4 is 4.74 Å². The predicted octanol–water partition coefficient (Wildman–Crippen LogP) is 1.04. The Morgan fingerprint density at radius 1 is 1.20 bits per heavy atom. The molecule has 4 rings (SSSR count). The zero-order chi connectivity index (χ0) is 18.2. The number of amides is 1. The molecular weight excluding hydrogens is 342 g/mol. The maximum atomic E-state index is 13.0. The van der Waals surface area contributed by atoms with E-state index in [4.69, 9.17) is 4.74 Å². The number of nitrogens with zero attached hydrogens (tertiary/aromatic N) is 3. The summed E-state index contributed by atoms with van der Waals surface area (Å²) < 4.78 is 33.0. The maximum absolute atomic E-state index is 13.0. The van der Waals surface area contributed by atoms with E-state index in [1.807, 2.05) is 4.90 Å². The van der Waals surface area contributed by atoms with Gasteiger partial charge in [-0.2, -0.15) is 17.0 Å². The number of carbonyl (C=O) groups is 1. The van der Waals surface area contributed by atoms with Crippen molar-refractivity contribution in [1.29, 1.82) is 0 Å². The summed E-state index contributed by atoms with van der Waals surface area (Å²) in [7, 11) is 1.19. The lowest BCUT2D eigenvalue weighted by Crippen LogP contribution is -2.48. The highest BCUT2D eigenvalue weighted by Crippen LogP contribution is 2.31. The minimum atomic E-state index is -3.46. The summed E-state index contributed by atoms with van der Waals surface area (Å²) in [5.41, 5.74) is 0.578. The first-order valence-corrected chi connectivity index (χ1v) is 9.85. The minimum Gasteiger partial charge on any atom is -0.497 e. The molecule has 2 bridgehead atoms. The van der Waals surface area contributed by atoms with Gasteiger partial charge in [0.2, 0.25) is 0 Å². The van der Waals surface area contributed by atoms with Crippen molar-refractivity contribution in [2.24, 2.45) is 5.92 Å². The first kappa shape index (κ1) is 18.2. The van der Waals surface area contributed by atoms with Crippen LogP contribution in [0.2, 0.25) is 0 Å². The van der Waals surface area contributed by atoms with Crippen LogP contribution in [0.15, 0.2) is 24.3 Å². The normalized spacial score (nSPS) is 24.4. The van der Waals surface area contributed by atoms with Crippen molar-refractivity contribution in [3.05, 3.63) is 29.8 Å². The molecule has 0 aliphatic carbocycles. The smallest absolute Gasteiger partial charge is 0.281 e. The summed E-state index contributed by atoms with van der Waals surface area (Å²) in [6.45, 7) is 1.42. The standard InChI is InChI=1S/C17H25N3O4S/c1-18(2)25(22,23)19-10-13-7-8-15(12-19)20(11-13)17(21)14-5-4-6-16(9-14)24-3/h4-6,9,13,15H,7-8,10-12H2,1-3H3/t13-,15+/m0/s1. The lowest BCUT2D eigenvalue weighted by Gasteiger charge is -2.36. The predicted molar refractivity (Wildman–Crippen MR) is 94.7 cm³/mol. The van der Waals surface area contributed by atoms with E-state index in [0.717, 1.165) is 12.8 Å². The summed E-state index contributed by atoms with van der Waals surface area (Å²) in [6.07, 6.45) is 1.78. The molecule has 3 saturated heterocycles. The summed E-state index contributed by atoms with van der Waals surface area (Å²) in [6, 6.07) is 7.02. The average molecular weight is 367 g/mol. The molecule has 7 nitrogen and oxygen atoms in total. The van der Waals surface area contributed by atoms with Crippen molar-refractivity contribution in [3.8, 4) is 5.75 Å². The van der Waals surface area contributed by atoms with Crippen LogP contribution in [0.1, 0.15) is 23.2 Å². The van der Waals surface area contributed by atoms with Gasteiger partial charge in [0.1, 0.15) is 5.75 Å². The Morgan fingerprint density at radius 2 is 1.96 bits per heavy atom. The molecule has 2 atom stereocenters. The molecule has 3 aliphatic heterocycles. The monoisotopic (exact) mass is 367 g/mol. The van der Waals surface area contributed by atoms with E-state index in [9.17, 15) is 13.2 Å². The van der Waals surface area contributed by atoms with Crippen LogP contribution in [0.4, 0.5) is 0 Å². The maximum Gasteiger partial charge on any atom is 0.281 e. The van der Waals surface area contributed by atoms with Crippen molar-refractivity contribution in [3.63, 3.8) is 0 Å². The lowest BCUT2D eigenvalue weighted by atomic mass is 9.94. The van der Waals surface area contributed by atoms with Gasteiger partial charge >= 0.3 is 0 Å². The molecule has 1 aromatic rings. The van der Waals surface area contributed by atoms with E-state index in [1.54, 1.807) is 45.5 Å². The van der Waals surface area contributed by atoms with Crippen molar-refractivity contribution in [2.75, 3.05) is 40.8 Å². The van der Waals surface area contributed by atoms with Gasteiger partial charge in [0.15, 0.2) is 0 Å². The highest BCUT2D eigenvalue weighted by Gasteiger charge is 2.41. The van der Waals surface area contributed by atoms with Crippen molar-refractivity contribution >= 4 is 16.1 Å². The van der Waals surface area contributed by atoms with Gasteiger partial charge in [-0.3, -0.25) is 4.79 Å². The highest BCUT2D eigenvalue weighted by molar-refractivity contribution is 7.86. The summed E-state index contributed by atoms with van der Waals surface area (Å²) in [5.74, 6) is 0.753. The number of rotatable bonds is 4. The molecule has 0 N–H and O–H groups in total. The van der Waals surface area contributed by atoms with E-state index in [1.165, 1.54) is 8.61 Å². The second-order valence-corrected chi connectivity index (χ2v) is 9.04. The van der Waals surface area contributed by atoms with Crippen LogP contribution in [-0.4, -0.2) is 74.7 Å². The van der Waals surface area contributed by atoms with Gasteiger partial charge in [-0.15, -0.1) is 0 Å². The molecule has 0 aromatic heterocycles. The average Bonchev–Trinajstić information content (AvgIpc) is 2.93. The molecule has 0 saturated carbocycles. The van der Waals surface area contributed by atoms with E-state index in [-0.39, 0.29) is 17.9 Å². The van der Waals surface area contributed by atoms with Crippen molar-refractivity contribution in [2.45, 2.75) is 18.9 Å². The number of piperidine rings is 1. The number of carbonyl (C=O) groups excluding carboxylic acids is 1. The molecule has 0 unspecified atom stereocenters. The Balaban J connectivity index is 1.84. The number of benzene rings is 1. The topological polar surface area (TPSA) is 70.2 Å². The summed E-state index contributed by atoms with van der Waals surface area (Å²) in [4.78, 5) is 14.8. The molecule has 8 heteroatoms. The Morgan fingerprint density at radius 3 is 2.64 bits per heavy atom. The Hall–Kier alpha value is -1.64. The zero-order valence-electron chi connectivity index (χ0n) is 14.9. The molecule has 138 valence electrons. The molecule has 0 spiro atoms. The van der Waals surface area contributed by atoms with Crippen LogP contribution in [-0.2, 0) is 10.2 Å². The third-order valence-corrected chi connectivity index (χ3v) is 6.92. The lowest BCUT2D eigenvalue weighted by molar-refractivity contribution is 0.0588. The summed E-state index contributed by atoms with van der Waals surface area (Å²) in [5, 5.41) is 0. The Kier molecular flexibility index (Phi) is 5.04. The van der Waals surface area contributed by atoms with E-state index in [0.29, 0.717) is 30.9 Å². The molecular formula is C17H25N3O4S. The van der Waals surface area contributed by atoms with Gasteiger partial charge in [-0.1, -0.05) is 6.07 Å². The van der Waals surface area contributed by atoms with Gasteiger partial charge < -0.3 is 9.64 Å². The highest BCUT2D eigenvalue weighted by atomic mass is 32.2. The fraction of sp³-hybridized carbons (Fsp3) is 0.588. The van der Waals surface area contributed by atoms with Crippen LogP contribution in [0.3, 0.4) is 0 Å². The zero-order valence-corrected chi connectivity index (χ0v) is 15.7. The van der Waals surface area contributed by atoms with E-state index >= 15 is 0 Å². The van der Waals surface area contributed by atoms with Gasteiger partial charge in [-0.25, -0.2) is 0 Å². The molecule has 3 aliphatic rings. The van der Waals surface area contributed by atoms with Crippen LogP contribution >= 0.6 is 0 Å². The molecule has 1 amide bonds. The Labute approximate surface area is 149 Å². The fourth-order valence-electron chi connectivity index (χ4n) is 3.63. The van der Waals surface area contributed by atoms with Crippen molar-refractivity contribution < 1.29 is 17.9 Å². The fourth-order valence-corrected chi connectivity index (χ4v) is 4.85. The van der Waals surface area contributed by atoms with Crippen LogP contribution in [0.25, 0.3) is 0 Å². The van der Waals surface area contributed by atoms with Crippen LogP contribution in [0.5, 0.6) is 5.75 Å². The van der Waals surface area contributed by atoms with Crippen LogP contribution in [0, 0.1) is 5.92 Å². The molecule has 1 aromatic carbocycles. The van der Waals surface area contributed by atoms with E-state index in [2.05, 4.69) is 0 Å². The number of ether oxygens (including phenoxy) is 1. The van der Waals surface area contributed by atoms with E-state index < -0.39 is 10.2 Å². The number of hydrogen-bond donors (Lipinski definition) is 0. The van der Waals surface area contributed by atoms with Crippen molar-refractivity contribution in [1.82, 2.24) is 13.5 Å². The molecule has 3 fully saturated rings. The van der Waals surface area contributed by atoms with Gasteiger partial charge in [0, 0.05) is 45.3 Å². The molecule has 3 heterocycles. The third-order valence-electron chi connectivity index (χ3n) is 5.05. The molecule has 25 heavy (non-hydrogen) atoms. The quantitative estimate of drug-likeness (QED) is 0.797. The molecule has 0 radical (unpaired) electrons. The minimum absolute atomic E-state index is 0.0577. The second-order valence-electron chi connectivity index (χ2n) is 6.89. The van der Waals surface area contributed by atoms with Gasteiger partial charge in [0.05, 0.1) is 7.11 Å². The van der Waals surface area contributed by atoms with Gasteiger partial charge in [-0.05, 0) is 37.0 Å². The first-order chi connectivity index (χ1) is 11.8. The first-order valence-electron chi connectivity index (χ1n) is 8.45.